The molecule has 0 saturated heterocycles. The van der Waals surface area contributed by atoms with Crippen LogP contribution in [-0.2, 0) is 25.8 Å². The third-order valence-electron chi connectivity index (χ3n) is 11.5. The van der Waals surface area contributed by atoms with Gasteiger partial charge in [0.25, 0.3) is 0 Å². The molecular formula is C54H72Cl2HfP2. The molecule has 6 aromatic carbocycles. The molecule has 0 heterocycles. The van der Waals surface area contributed by atoms with Crippen LogP contribution in [0.4, 0.5) is 0 Å². The quantitative estimate of drug-likeness (QED) is 0.0245. The molecule has 0 spiro atoms. The fraction of sp³-hybridized carbons (Fsp3) is 0.444. The molecule has 6 rings (SSSR count). The van der Waals surface area contributed by atoms with Gasteiger partial charge in [0.15, 0.2) is 0 Å². The van der Waals surface area contributed by atoms with E-state index in [0.717, 1.165) is 0 Å². The molecule has 0 N–H and O–H groups in total. The van der Waals surface area contributed by atoms with Crippen LogP contribution in [0.25, 0.3) is 43.8 Å². The van der Waals surface area contributed by atoms with Crippen molar-refractivity contribution in [2.24, 2.45) is 0 Å². The van der Waals surface area contributed by atoms with Crippen molar-refractivity contribution in [3.8, 4) is 22.3 Å². The van der Waals surface area contributed by atoms with E-state index < -0.39 is 0 Å². The number of fused-ring (bicyclic) bond motifs is 2. The number of benzene rings is 4. The fourth-order valence-corrected chi connectivity index (χ4v) is 13.4. The number of hydrogen-bond donors (Lipinski definition) is 0. The molecule has 0 unspecified atom stereocenters. The van der Waals surface area contributed by atoms with Gasteiger partial charge in [0.1, 0.15) is 0 Å². The molecule has 0 saturated carbocycles. The van der Waals surface area contributed by atoms with Gasteiger partial charge in [-0.25, -0.2) is 0 Å². The summed E-state index contributed by atoms with van der Waals surface area (Å²) in [5.74, 6) is 0. The maximum Gasteiger partial charge on any atom is 4.00 e. The number of rotatable bonds is 24. The minimum atomic E-state index is -0.0171. The third-order valence-corrected chi connectivity index (χ3v) is 16.9. The normalized spacial score (nSPS) is 10.9. The van der Waals surface area contributed by atoms with Gasteiger partial charge in [0.2, 0.25) is 0 Å². The van der Waals surface area contributed by atoms with Crippen molar-refractivity contribution in [1.82, 2.24) is 0 Å². The minimum absolute atomic E-state index is 0. The molecular weight excluding hydrogens is 960 g/mol. The van der Waals surface area contributed by atoms with E-state index in [9.17, 15) is 0 Å². The second-order valence-electron chi connectivity index (χ2n) is 16.0. The second kappa shape index (κ2) is 31.3. The van der Waals surface area contributed by atoms with Gasteiger partial charge >= 0.3 is 25.8 Å². The molecule has 59 heavy (non-hydrogen) atoms. The molecule has 0 aliphatic heterocycles. The van der Waals surface area contributed by atoms with Gasteiger partial charge in [-0.3, -0.25) is 0 Å². The van der Waals surface area contributed by atoms with Gasteiger partial charge in [0.05, 0.1) is 0 Å². The van der Waals surface area contributed by atoms with Gasteiger partial charge in [-0.05, 0) is 61.5 Å². The predicted molar refractivity (Wildman–Crippen MR) is 259 cm³/mol. The van der Waals surface area contributed by atoms with Crippen LogP contribution in [0, 0.1) is 0 Å². The van der Waals surface area contributed by atoms with Crippen LogP contribution in [0.1, 0.15) is 130 Å². The maximum absolute atomic E-state index is 2.53. The van der Waals surface area contributed by atoms with Crippen molar-refractivity contribution >= 4 is 48.0 Å². The van der Waals surface area contributed by atoms with E-state index in [4.69, 9.17) is 0 Å². The van der Waals surface area contributed by atoms with Crippen LogP contribution in [0.3, 0.4) is 0 Å². The zero-order valence-electron chi connectivity index (χ0n) is 36.8. The van der Waals surface area contributed by atoms with E-state index in [1.54, 1.807) is 10.6 Å². The van der Waals surface area contributed by atoms with Crippen LogP contribution >= 0.6 is 15.8 Å². The Morgan fingerprint density at radius 1 is 0.373 bits per heavy atom. The molecule has 0 nitrogen and oxygen atoms in total. The summed E-state index contributed by atoms with van der Waals surface area (Å²) in [6.07, 6.45) is 27.8. The molecule has 0 amide bonds. The third kappa shape index (κ3) is 17.2. The molecule has 316 valence electrons. The first-order chi connectivity index (χ1) is 27.7. The van der Waals surface area contributed by atoms with Gasteiger partial charge in [-0.15, -0.1) is 68.6 Å². The van der Waals surface area contributed by atoms with Gasteiger partial charge in [0, 0.05) is 0 Å². The standard InChI is InChI=1S/2C27H36P.2ClH.Hf/c2*1-3-5-7-12-19-28(20-13-8-6-4-2)25-21-24-17-14-18-26(27(24)22-25)23-15-10-9-11-16-23;;;/h2*9-11,14-18,21-22H,3-8,12-13,19-20H2,1-2H3;2*1H;/q2*-1;;;+4/p-2. The van der Waals surface area contributed by atoms with Gasteiger partial charge < -0.3 is 24.8 Å². The van der Waals surface area contributed by atoms with Gasteiger partial charge in [-0.2, -0.15) is 12.1 Å². The van der Waals surface area contributed by atoms with E-state index in [1.165, 1.54) is 171 Å². The van der Waals surface area contributed by atoms with Crippen molar-refractivity contribution in [3.63, 3.8) is 0 Å². The molecule has 0 bridgehead atoms. The zero-order valence-corrected chi connectivity index (χ0v) is 43.7. The Hall–Kier alpha value is -1.59. The monoisotopic (exact) mass is 1030 g/mol. The summed E-state index contributed by atoms with van der Waals surface area (Å²) in [4.78, 5) is 0. The van der Waals surface area contributed by atoms with Crippen LogP contribution < -0.4 is 35.4 Å². The van der Waals surface area contributed by atoms with E-state index >= 15 is 0 Å². The van der Waals surface area contributed by atoms with Crippen LogP contribution in [0.2, 0.25) is 0 Å². The SMILES string of the molecule is CCCCCCP(CCCCCC)c1cc2c(-c3ccccc3)cccc2[cH-]1.CCCCCCP(CCCCCC)c1cc2c(-c3ccccc3)cccc2[cH-]1.[Cl-].[Cl-].[Hf+4]. The Balaban J connectivity index is 0.000000387. The Morgan fingerprint density at radius 2 is 0.695 bits per heavy atom. The Morgan fingerprint density at radius 3 is 1.00 bits per heavy atom. The Bertz CT molecular complexity index is 1770. The number of hydrogen-bond acceptors (Lipinski definition) is 0. The van der Waals surface area contributed by atoms with E-state index in [2.05, 4.69) is 149 Å². The van der Waals surface area contributed by atoms with Crippen LogP contribution in [0.5, 0.6) is 0 Å². The van der Waals surface area contributed by atoms with E-state index in [0.29, 0.717) is 0 Å². The average Bonchev–Trinajstić information content (AvgIpc) is 3.89. The summed E-state index contributed by atoms with van der Waals surface area (Å²) in [6, 6.07) is 45.4. The molecule has 6 aromatic rings. The summed E-state index contributed by atoms with van der Waals surface area (Å²) in [6.45, 7) is 9.23. The maximum atomic E-state index is 2.53. The second-order valence-corrected chi connectivity index (χ2v) is 21.0. The Labute approximate surface area is 394 Å². The van der Waals surface area contributed by atoms with Crippen molar-refractivity contribution < 1.29 is 50.7 Å². The van der Waals surface area contributed by atoms with E-state index in [1.807, 2.05) is 0 Å². The summed E-state index contributed by atoms with van der Waals surface area (Å²) < 4.78 is 0. The molecule has 0 atom stereocenters. The molecule has 0 fully saturated rings. The minimum Gasteiger partial charge on any atom is -1.00 e. The average molecular weight is 1030 g/mol. The first-order valence-electron chi connectivity index (χ1n) is 22.7. The zero-order chi connectivity index (χ0) is 39.2. The first kappa shape index (κ1) is 53.5. The van der Waals surface area contributed by atoms with Crippen LogP contribution in [-0.4, -0.2) is 24.6 Å². The molecule has 0 aliphatic carbocycles. The summed E-state index contributed by atoms with van der Waals surface area (Å²) in [5.41, 5.74) is 5.44. The van der Waals surface area contributed by atoms with Crippen molar-refractivity contribution in [2.45, 2.75) is 130 Å². The smallest absolute Gasteiger partial charge is 1.00 e. The Kier molecular flexibility index (Phi) is 28.4. The first-order valence-corrected chi connectivity index (χ1v) is 26.1. The van der Waals surface area contributed by atoms with Crippen LogP contribution in [0.15, 0.2) is 121 Å². The molecule has 0 aliphatic rings. The molecule has 0 radical (unpaired) electrons. The van der Waals surface area contributed by atoms with Gasteiger partial charge in [-0.1, -0.05) is 205 Å². The van der Waals surface area contributed by atoms with Crippen molar-refractivity contribution in [2.75, 3.05) is 24.6 Å². The number of unbranched alkanes of at least 4 members (excludes halogenated alkanes) is 12. The fourth-order valence-electron chi connectivity index (χ4n) is 8.20. The van der Waals surface area contributed by atoms with Crippen molar-refractivity contribution in [3.05, 3.63) is 121 Å². The summed E-state index contributed by atoms with van der Waals surface area (Å²) in [5, 5.41) is 9.01. The topological polar surface area (TPSA) is 0 Å². The largest absolute Gasteiger partial charge is 4.00 e. The predicted octanol–water partition coefficient (Wildman–Crippen LogP) is 11.0. The summed E-state index contributed by atoms with van der Waals surface area (Å²) in [7, 11) is -0.0342. The molecule has 0 aromatic heterocycles. The van der Waals surface area contributed by atoms with E-state index in [-0.39, 0.29) is 66.5 Å². The number of halogens is 2. The molecule has 5 heteroatoms. The summed E-state index contributed by atoms with van der Waals surface area (Å²) >= 11 is 0. The van der Waals surface area contributed by atoms with Crippen molar-refractivity contribution in [1.29, 1.82) is 0 Å².